The minimum atomic E-state index is 0.361. The summed E-state index contributed by atoms with van der Waals surface area (Å²) in [7, 11) is 0. The summed E-state index contributed by atoms with van der Waals surface area (Å²) in [6, 6.07) is 12.7. The average Bonchev–Trinajstić information content (AvgIpc) is 2.73. The minimum absolute atomic E-state index is 0.361. The van der Waals surface area contributed by atoms with Gasteiger partial charge >= 0.3 is 0 Å². The molecule has 1 aromatic heterocycles. The van der Waals surface area contributed by atoms with Gasteiger partial charge in [0.15, 0.2) is 0 Å². The second-order valence-corrected chi connectivity index (χ2v) is 5.83. The van der Waals surface area contributed by atoms with Gasteiger partial charge in [0.2, 0.25) is 5.95 Å². The van der Waals surface area contributed by atoms with Crippen molar-refractivity contribution in [3.05, 3.63) is 47.7 Å². The smallest absolute Gasteiger partial charge is 0.222 e. The fraction of sp³-hybridized carbons (Fsp3) is 0.412. The van der Waals surface area contributed by atoms with Gasteiger partial charge in [-0.3, -0.25) is 4.90 Å². The summed E-state index contributed by atoms with van der Waals surface area (Å²) < 4.78 is 0. The molecule has 116 valence electrons. The van der Waals surface area contributed by atoms with Crippen LogP contribution in [-0.4, -0.2) is 41.0 Å². The highest BCUT2D eigenvalue weighted by Crippen LogP contribution is 2.17. The number of aryl methyl sites for hydroxylation is 1. The van der Waals surface area contributed by atoms with Crippen LogP contribution in [0.25, 0.3) is 0 Å². The molecule has 0 radical (unpaired) electrons. The molecule has 2 heterocycles. The van der Waals surface area contributed by atoms with E-state index in [2.05, 4.69) is 50.1 Å². The van der Waals surface area contributed by atoms with Gasteiger partial charge in [0.1, 0.15) is 5.82 Å². The summed E-state index contributed by atoms with van der Waals surface area (Å²) in [5.41, 5.74) is 8.07. The molecule has 1 saturated heterocycles. The Balaban J connectivity index is 1.64. The van der Waals surface area contributed by atoms with Crippen molar-refractivity contribution in [3.63, 3.8) is 0 Å². The molecule has 1 aromatic carbocycles. The van der Waals surface area contributed by atoms with Gasteiger partial charge in [0.25, 0.3) is 0 Å². The molecular formula is C17H23N5. The highest BCUT2D eigenvalue weighted by Gasteiger charge is 2.16. The van der Waals surface area contributed by atoms with Crippen molar-refractivity contribution in [3.8, 4) is 0 Å². The number of hydrogen-bond donors (Lipinski definition) is 1. The quantitative estimate of drug-likeness (QED) is 0.940. The van der Waals surface area contributed by atoms with Crippen LogP contribution >= 0.6 is 0 Å². The van der Waals surface area contributed by atoms with Gasteiger partial charge in [0.05, 0.1) is 0 Å². The van der Waals surface area contributed by atoms with Gasteiger partial charge in [-0.05, 0) is 18.9 Å². The number of nitrogens with two attached hydrogens (primary N) is 1. The van der Waals surface area contributed by atoms with Crippen molar-refractivity contribution in [2.24, 2.45) is 0 Å². The molecule has 0 bridgehead atoms. The summed E-state index contributed by atoms with van der Waals surface area (Å²) in [4.78, 5) is 13.4. The number of hydrogen-bond acceptors (Lipinski definition) is 5. The summed E-state index contributed by atoms with van der Waals surface area (Å²) >= 11 is 0. The summed E-state index contributed by atoms with van der Waals surface area (Å²) in [6.07, 6.45) is 1.13. The van der Waals surface area contributed by atoms with E-state index in [4.69, 9.17) is 5.73 Å². The van der Waals surface area contributed by atoms with Crippen molar-refractivity contribution in [1.82, 2.24) is 14.9 Å². The van der Waals surface area contributed by atoms with E-state index in [1.54, 1.807) is 0 Å². The second-order valence-electron chi connectivity index (χ2n) is 5.83. The van der Waals surface area contributed by atoms with Gasteiger partial charge in [0, 0.05) is 44.5 Å². The summed E-state index contributed by atoms with van der Waals surface area (Å²) in [6.45, 7) is 7.12. The van der Waals surface area contributed by atoms with E-state index < -0.39 is 0 Å². The van der Waals surface area contributed by atoms with E-state index in [1.165, 1.54) is 5.56 Å². The topological polar surface area (TPSA) is 58.3 Å². The van der Waals surface area contributed by atoms with E-state index in [1.807, 2.05) is 13.0 Å². The van der Waals surface area contributed by atoms with Crippen LogP contribution in [0, 0.1) is 6.92 Å². The Morgan fingerprint density at radius 2 is 1.86 bits per heavy atom. The number of benzene rings is 1. The first-order chi connectivity index (χ1) is 10.7. The van der Waals surface area contributed by atoms with E-state index in [0.29, 0.717) is 5.95 Å². The summed E-state index contributed by atoms with van der Waals surface area (Å²) in [5.74, 6) is 1.31. The Kier molecular flexibility index (Phi) is 4.53. The lowest BCUT2D eigenvalue weighted by molar-refractivity contribution is 0.285. The maximum atomic E-state index is 5.78. The molecule has 3 rings (SSSR count). The molecule has 0 amide bonds. The third kappa shape index (κ3) is 3.74. The zero-order chi connectivity index (χ0) is 15.4. The normalized spacial score (nSPS) is 16.5. The highest BCUT2D eigenvalue weighted by atomic mass is 15.3. The van der Waals surface area contributed by atoms with Crippen molar-refractivity contribution in [2.75, 3.05) is 36.8 Å². The first-order valence-corrected chi connectivity index (χ1v) is 7.83. The lowest BCUT2D eigenvalue weighted by Crippen LogP contribution is -2.31. The monoisotopic (exact) mass is 297 g/mol. The van der Waals surface area contributed by atoms with E-state index in [0.717, 1.165) is 50.7 Å². The van der Waals surface area contributed by atoms with E-state index in [-0.39, 0.29) is 0 Å². The van der Waals surface area contributed by atoms with Crippen molar-refractivity contribution in [2.45, 2.75) is 19.9 Å². The fourth-order valence-electron chi connectivity index (χ4n) is 2.94. The Morgan fingerprint density at radius 1 is 1.05 bits per heavy atom. The van der Waals surface area contributed by atoms with Crippen LogP contribution in [0.1, 0.15) is 17.7 Å². The van der Waals surface area contributed by atoms with Crippen LogP contribution in [-0.2, 0) is 6.54 Å². The largest absolute Gasteiger partial charge is 0.368 e. The van der Waals surface area contributed by atoms with Crippen LogP contribution < -0.4 is 10.6 Å². The predicted octanol–water partition coefficient (Wildman–Crippen LogP) is 2.08. The highest BCUT2D eigenvalue weighted by molar-refractivity contribution is 5.43. The van der Waals surface area contributed by atoms with Crippen LogP contribution in [0.5, 0.6) is 0 Å². The number of nitrogens with zero attached hydrogens (tertiary/aromatic N) is 4. The van der Waals surface area contributed by atoms with E-state index in [9.17, 15) is 0 Å². The second kappa shape index (κ2) is 6.75. The minimum Gasteiger partial charge on any atom is -0.368 e. The van der Waals surface area contributed by atoms with Crippen molar-refractivity contribution >= 4 is 11.8 Å². The Hall–Kier alpha value is -2.14. The number of rotatable bonds is 3. The van der Waals surface area contributed by atoms with Crippen LogP contribution in [0.4, 0.5) is 11.8 Å². The van der Waals surface area contributed by atoms with Gasteiger partial charge in [-0.25, -0.2) is 4.98 Å². The maximum absolute atomic E-state index is 5.78. The number of nitrogen functional groups attached to an aromatic ring is 1. The molecule has 1 fully saturated rings. The van der Waals surface area contributed by atoms with Gasteiger partial charge in [-0.2, -0.15) is 4.98 Å². The number of anilines is 2. The molecule has 5 heteroatoms. The zero-order valence-corrected chi connectivity index (χ0v) is 13.1. The average molecular weight is 297 g/mol. The molecule has 1 aliphatic rings. The molecule has 5 nitrogen and oxygen atoms in total. The lowest BCUT2D eigenvalue weighted by atomic mass is 10.2. The molecular weight excluding hydrogens is 274 g/mol. The Bertz CT molecular complexity index is 593. The molecule has 1 aliphatic heterocycles. The van der Waals surface area contributed by atoms with Crippen molar-refractivity contribution in [1.29, 1.82) is 0 Å². The molecule has 2 aromatic rings. The van der Waals surface area contributed by atoms with Gasteiger partial charge in [-0.1, -0.05) is 30.3 Å². The zero-order valence-electron chi connectivity index (χ0n) is 13.1. The first kappa shape index (κ1) is 14.8. The standard InChI is InChI=1S/C17H23N5/c1-14-12-16(20-17(18)19-14)22-9-5-8-21(10-11-22)13-15-6-3-2-4-7-15/h2-4,6-7,12H,5,8-11,13H2,1H3,(H2,18,19,20). The number of aromatic nitrogens is 2. The maximum Gasteiger partial charge on any atom is 0.222 e. The third-order valence-corrected chi connectivity index (χ3v) is 4.02. The molecule has 22 heavy (non-hydrogen) atoms. The first-order valence-electron chi connectivity index (χ1n) is 7.83. The van der Waals surface area contributed by atoms with Crippen LogP contribution in [0.2, 0.25) is 0 Å². The van der Waals surface area contributed by atoms with Gasteiger partial charge in [-0.15, -0.1) is 0 Å². The molecule has 2 N–H and O–H groups in total. The van der Waals surface area contributed by atoms with Crippen LogP contribution in [0.15, 0.2) is 36.4 Å². The fourth-order valence-corrected chi connectivity index (χ4v) is 2.94. The molecule has 0 spiro atoms. The predicted molar refractivity (Wildman–Crippen MR) is 89.7 cm³/mol. The lowest BCUT2D eigenvalue weighted by Gasteiger charge is -2.23. The van der Waals surface area contributed by atoms with Crippen molar-refractivity contribution < 1.29 is 0 Å². The third-order valence-electron chi connectivity index (χ3n) is 4.02. The molecule has 0 saturated carbocycles. The molecule has 0 aliphatic carbocycles. The van der Waals surface area contributed by atoms with Crippen LogP contribution in [0.3, 0.4) is 0 Å². The van der Waals surface area contributed by atoms with Gasteiger partial charge < -0.3 is 10.6 Å². The SMILES string of the molecule is Cc1cc(N2CCCN(Cc3ccccc3)CC2)nc(N)n1. The molecule has 0 atom stereocenters. The van der Waals surface area contributed by atoms with E-state index >= 15 is 0 Å². The molecule has 0 unspecified atom stereocenters. The Labute approximate surface area is 131 Å². The Morgan fingerprint density at radius 3 is 2.64 bits per heavy atom. The summed E-state index contributed by atoms with van der Waals surface area (Å²) in [5, 5.41) is 0.